The lowest BCUT2D eigenvalue weighted by molar-refractivity contribution is -0.137. The van der Waals surface area contributed by atoms with Crippen LogP contribution in [0.4, 0.5) is 0 Å². The Bertz CT molecular complexity index is 521. The van der Waals surface area contributed by atoms with Crippen LogP contribution in [0.3, 0.4) is 0 Å². The van der Waals surface area contributed by atoms with Crippen LogP contribution >= 0.6 is 0 Å². The summed E-state index contributed by atoms with van der Waals surface area (Å²) in [6.07, 6.45) is 43.2. The lowest BCUT2D eigenvalue weighted by Gasteiger charge is -1.99. The minimum absolute atomic E-state index is 0.164. The number of unbranched alkanes of at least 4 members (excludes halogenated alkanes) is 22. The van der Waals surface area contributed by atoms with Gasteiger partial charge in [-0.05, 0) is 64.2 Å². The Labute approximate surface area is 291 Å². The molecule has 0 aromatic carbocycles. The van der Waals surface area contributed by atoms with Gasteiger partial charge in [0.1, 0.15) is 0 Å². The van der Waals surface area contributed by atoms with Crippen molar-refractivity contribution in [2.45, 2.75) is 235 Å². The molecule has 0 unspecified atom stereocenters. The number of carboxylic acids is 1. The number of nitrogens with two attached hydrogens (primary N) is 1. The van der Waals surface area contributed by atoms with Crippen LogP contribution in [0.2, 0.25) is 0 Å². The predicted octanol–water partition coefficient (Wildman–Crippen LogP) is 14.7. The zero-order chi connectivity index (χ0) is 35.8. The third-order valence-electron chi connectivity index (χ3n) is 7.34. The first kappa shape index (κ1) is 53.9. The van der Waals surface area contributed by atoms with E-state index in [0.29, 0.717) is 12.8 Å². The highest BCUT2D eigenvalue weighted by atomic mass is 16.4. The average Bonchev–Trinajstić information content (AvgIpc) is 3.07. The van der Waals surface area contributed by atoms with E-state index in [1.165, 1.54) is 141 Å². The molecule has 0 atom stereocenters. The summed E-state index contributed by atoms with van der Waals surface area (Å²) in [5, 5.41) is 8.51. The van der Waals surface area contributed by atoms with Gasteiger partial charge in [0.25, 0.3) is 0 Å². The second kappa shape index (κ2) is 58.9. The van der Waals surface area contributed by atoms with Gasteiger partial charge in [-0.15, -0.1) is 0 Å². The van der Waals surface area contributed by atoms with E-state index >= 15 is 0 Å². The molecule has 0 aromatic heterocycles. The fourth-order valence-electron chi connectivity index (χ4n) is 4.72. The molecule has 4 nitrogen and oxygen atoms in total. The van der Waals surface area contributed by atoms with Crippen molar-refractivity contribution in [1.29, 1.82) is 0 Å². The molecule has 1 amide bonds. The fraction of sp³-hybridized carbons (Fsp3) is 0.857. The molecule has 0 rings (SSSR count). The molecule has 0 saturated carbocycles. The van der Waals surface area contributed by atoms with Crippen molar-refractivity contribution in [3.8, 4) is 0 Å². The summed E-state index contributed by atoms with van der Waals surface area (Å²) in [5.74, 6) is -0.828. The van der Waals surface area contributed by atoms with Gasteiger partial charge in [0.15, 0.2) is 0 Å². The lowest BCUT2D eigenvalue weighted by Crippen LogP contribution is -2.09. The van der Waals surface area contributed by atoms with Gasteiger partial charge in [-0.2, -0.15) is 0 Å². The van der Waals surface area contributed by atoms with Gasteiger partial charge in [0.2, 0.25) is 5.91 Å². The van der Waals surface area contributed by atoms with Gasteiger partial charge in [-0.25, -0.2) is 0 Å². The van der Waals surface area contributed by atoms with Gasteiger partial charge >= 0.3 is 5.97 Å². The van der Waals surface area contributed by atoms with Gasteiger partial charge in [0, 0.05) is 12.8 Å². The van der Waals surface area contributed by atoms with E-state index in [1.807, 2.05) is 41.5 Å². The normalized spacial score (nSPS) is 10.2. The number of hydrogen-bond donors (Lipinski definition) is 2. The van der Waals surface area contributed by atoms with Crippen LogP contribution in [0.25, 0.3) is 0 Å². The third kappa shape index (κ3) is 69.2. The van der Waals surface area contributed by atoms with Crippen molar-refractivity contribution >= 4 is 11.9 Å². The summed E-state index contributed by atoms with van der Waals surface area (Å²) in [5.41, 5.74) is 5.10. The SMILES string of the molecule is CC.CC.CC.CCCCCCCC/C=C\CCCCCCCC(=O)O.CCCCCCCC/C=C\CCCCCCCC(N)=O. The smallest absolute Gasteiger partial charge is 0.303 e. The fourth-order valence-corrected chi connectivity index (χ4v) is 4.72. The van der Waals surface area contributed by atoms with Crippen molar-refractivity contribution in [2.75, 3.05) is 0 Å². The van der Waals surface area contributed by atoms with E-state index in [0.717, 1.165) is 25.7 Å². The van der Waals surface area contributed by atoms with Crippen LogP contribution in [0.5, 0.6) is 0 Å². The minimum Gasteiger partial charge on any atom is -0.481 e. The second-order valence-corrected chi connectivity index (χ2v) is 11.5. The van der Waals surface area contributed by atoms with Gasteiger partial charge in [-0.3, -0.25) is 9.59 Å². The molecule has 0 radical (unpaired) electrons. The van der Waals surface area contributed by atoms with Crippen LogP contribution in [0, 0.1) is 0 Å². The molecule has 0 aliphatic carbocycles. The molecule has 3 N–H and O–H groups in total. The molecule has 0 aliphatic rings. The summed E-state index contributed by atoms with van der Waals surface area (Å²) in [6.45, 7) is 16.5. The summed E-state index contributed by atoms with van der Waals surface area (Å²) >= 11 is 0. The van der Waals surface area contributed by atoms with Crippen LogP contribution < -0.4 is 5.73 Å². The summed E-state index contributed by atoms with van der Waals surface area (Å²) in [7, 11) is 0. The summed E-state index contributed by atoms with van der Waals surface area (Å²) in [4.78, 5) is 20.9. The molecule has 46 heavy (non-hydrogen) atoms. The number of aliphatic carboxylic acids is 1. The van der Waals surface area contributed by atoms with Gasteiger partial charge in [-0.1, -0.05) is 182 Å². The van der Waals surface area contributed by atoms with E-state index in [9.17, 15) is 9.59 Å². The van der Waals surface area contributed by atoms with Crippen LogP contribution in [0.15, 0.2) is 24.3 Å². The quantitative estimate of drug-likeness (QED) is 0.0598. The molecule has 4 heteroatoms. The maximum absolute atomic E-state index is 10.5. The van der Waals surface area contributed by atoms with E-state index in [2.05, 4.69) is 38.2 Å². The number of amides is 1. The number of rotatable bonds is 30. The van der Waals surface area contributed by atoms with Crippen molar-refractivity contribution in [1.82, 2.24) is 0 Å². The molecule has 0 heterocycles. The molecule has 0 saturated heterocycles. The number of carboxylic acid groups (broad SMARTS) is 1. The molecule has 0 spiro atoms. The van der Waals surface area contributed by atoms with E-state index in [1.54, 1.807) is 0 Å². The van der Waals surface area contributed by atoms with E-state index in [-0.39, 0.29) is 5.91 Å². The Kier molecular flexibility index (Phi) is 69.0. The zero-order valence-electron chi connectivity index (χ0n) is 32.9. The monoisotopic (exact) mass is 654 g/mol. The topological polar surface area (TPSA) is 80.4 Å². The number of carbonyl (C=O) groups excluding carboxylic acids is 1. The maximum atomic E-state index is 10.5. The van der Waals surface area contributed by atoms with E-state index in [4.69, 9.17) is 10.8 Å². The van der Waals surface area contributed by atoms with Gasteiger partial charge in [0.05, 0.1) is 0 Å². The molecule has 0 fully saturated rings. The lowest BCUT2D eigenvalue weighted by atomic mass is 10.1. The van der Waals surface area contributed by atoms with Gasteiger partial charge < -0.3 is 10.8 Å². The van der Waals surface area contributed by atoms with Crippen molar-refractivity contribution in [2.24, 2.45) is 5.73 Å². The largest absolute Gasteiger partial charge is 0.481 e. The van der Waals surface area contributed by atoms with Crippen LogP contribution in [0.1, 0.15) is 235 Å². The Morgan fingerprint density at radius 1 is 0.413 bits per heavy atom. The first-order chi connectivity index (χ1) is 22.5. The molecule has 0 aromatic rings. The molecule has 278 valence electrons. The van der Waals surface area contributed by atoms with Crippen molar-refractivity contribution in [3.05, 3.63) is 24.3 Å². The Hall–Kier alpha value is -1.58. The molecular formula is C42H87NO3. The molecule has 0 aliphatic heterocycles. The third-order valence-corrected chi connectivity index (χ3v) is 7.34. The van der Waals surface area contributed by atoms with Crippen LogP contribution in [-0.4, -0.2) is 17.0 Å². The standard InChI is InChI=1S/C18H35NO.C18H34O2.3C2H6/c2*1-2-3-4-5-6-7-8-9-10-11-12-13-14-15-16-17-18(19)20;3*1-2/h9-10H,2-8,11-17H2,1H3,(H2,19,20);9-10H,2-8,11-17H2,1H3,(H,19,20);3*1-2H3/b2*10-9-;;;. The summed E-state index contributed by atoms with van der Waals surface area (Å²) in [6, 6.07) is 0. The number of carbonyl (C=O) groups is 2. The Morgan fingerprint density at radius 2 is 0.652 bits per heavy atom. The minimum atomic E-state index is -0.664. The number of hydrogen-bond acceptors (Lipinski definition) is 2. The predicted molar refractivity (Wildman–Crippen MR) is 210 cm³/mol. The second-order valence-electron chi connectivity index (χ2n) is 11.5. The summed E-state index contributed by atoms with van der Waals surface area (Å²) < 4.78 is 0. The first-order valence-corrected chi connectivity index (χ1v) is 20.3. The highest BCUT2D eigenvalue weighted by molar-refractivity contribution is 5.73. The number of primary amides is 1. The first-order valence-electron chi connectivity index (χ1n) is 20.3. The van der Waals surface area contributed by atoms with E-state index < -0.39 is 5.97 Å². The Balaban J connectivity index is -0.000000209. The highest BCUT2D eigenvalue weighted by Gasteiger charge is 1.96. The Morgan fingerprint density at radius 3 is 0.913 bits per heavy atom. The average molecular weight is 654 g/mol. The van der Waals surface area contributed by atoms with Crippen LogP contribution in [-0.2, 0) is 9.59 Å². The van der Waals surface area contributed by atoms with Crippen molar-refractivity contribution < 1.29 is 14.7 Å². The molecule has 0 bridgehead atoms. The van der Waals surface area contributed by atoms with Crippen molar-refractivity contribution in [3.63, 3.8) is 0 Å². The number of allylic oxidation sites excluding steroid dienone is 4. The molecular weight excluding hydrogens is 566 g/mol. The highest BCUT2D eigenvalue weighted by Crippen LogP contribution is 2.11. The zero-order valence-corrected chi connectivity index (χ0v) is 32.9. The maximum Gasteiger partial charge on any atom is 0.303 e.